The summed E-state index contributed by atoms with van der Waals surface area (Å²) in [6, 6.07) is 7.13. The van der Waals surface area contributed by atoms with E-state index < -0.39 is 11.9 Å². The number of esters is 1. The minimum Gasteiger partial charge on any atom is -0.469 e. The van der Waals surface area contributed by atoms with Gasteiger partial charge in [0, 0.05) is 6.54 Å². The molecule has 1 aromatic carbocycles. The molecule has 0 bridgehead atoms. The van der Waals surface area contributed by atoms with Crippen LogP contribution in [-0.2, 0) is 9.53 Å². The lowest BCUT2D eigenvalue weighted by Crippen LogP contribution is -2.27. The molecule has 0 unspecified atom stereocenters. The van der Waals surface area contributed by atoms with Gasteiger partial charge in [0.1, 0.15) is 0 Å². The highest BCUT2D eigenvalue weighted by Gasteiger charge is 2.18. The van der Waals surface area contributed by atoms with Gasteiger partial charge in [-0.1, -0.05) is 28.9 Å². The number of hydrogen-bond acceptors (Lipinski definition) is 5. The Morgan fingerprint density at radius 2 is 2.09 bits per heavy atom. The molecule has 22 heavy (non-hydrogen) atoms. The Bertz CT molecular complexity index is 699. The average molecular weight is 323 g/mol. The van der Waals surface area contributed by atoms with Crippen LogP contribution in [0.25, 0.3) is 5.69 Å². The summed E-state index contributed by atoms with van der Waals surface area (Å²) in [5, 5.41) is 10.9. The lowest BCUT2D eigenvalue weighted by molar-refractivity contribution is -0.140. The number of nitrogens with zero attached hydrogens (tertiary/aromatic N) is 3. The third kappa shape index (κ3) is 3.43. The Morgan fingerprint density at radius 3 is 2.77 bits per heavy atom. The van der Waals surface area contributed by atoms with E-state index in [1.807, 2.05) is 6.07 Å². The van der Waals surface area contributed by atoms with Gasteiger partial charge in [0.05, 0.1) is 29.9 Å². The minimum atomic E-state index is -0.403. The SMILES string of the molecule is COC(=O)CCNC(=O)c1nnn(-c2ccccc2Cl)c1C. The van der Waals surface area contributed by atoms with Gasteiger partial charge in [-0.3, -0.25) is 9.59 Å². The number of amides is 1. The molecule has 0 atom stereocenters. The number of para-hydroxylation sites is 1. The van der Waals surface area contributed by atoms with Gasteiger partial charge < -0.3 is 10.1 Å². The second kappa shape index (κ2) is 7.04. The number of carbonyl (C=O) groups excluding carboxylic acids is 2. The molecule has 0 aliphatic rings. The van der Waals surface area contributed by atoms with E-state index in [-0.39, 0.29) is 18.7 Å². The van der Waals surface area contributed by atoms with Gasteiger partial charge in [0.25, 0.3) is 5.91 Å². The quantitative estimate of drug-likeness (QED) is 0.843. The van der Waals surface area contributed by atoms with E-state index in [4.69, 9.17) is 11.6 Å². The summed E-state index contributed by atoms with van der Waals surface area (Å²) in [6.07, 6.45) is 0.0972. The van der Waals surface area contributed by atoms with Crippen LogP contribution in [0.15, 0.2) is 24.3 Å². The highest BCUT2D eigenvalue weighted by atomic mass is 35.5. The van der Waals surface area contributed by atoms with Crippen LogP contribution in [0.1, 0.15) is 22.6 Å². The lowest BCUT2D eigenvalue weighted by atomic mass is 10.3. The van der Waals surface area contributed by atoms with Crippen molar-refractivity contribution in [2.45, 2.75) is 13.3 Å². The van der Waals surface area contributed by atoms with Crippen molar-refractivity contribution in [2.24, 2.45) is 0 Å². The third-order valence-corrected chi connectivity index (χ3v) is 3.35. The fourth-order valence-electron chi connectivity index (χ4n) is 1.86. The molecule has 2 rings (SSSR count). The zero-order chi connectivity index (χ0) is 16.1. The minimum absolute atomic E-state index is 0.0972. The first-order valence-corrected chi connectivity index (χ1v) is 6.94. The van der Waals surface area contributed by atoms with Crippen molar-refractivity contribution in [1.82, 2.24) is 20.3 Å². The Labute approximate surface area is 132 Å². The van der Waals surface area contributed by atoms with Gasteiger partial charge >= 0.3 is 5.97 Å². The van der Waals surface area contributed by atoms with E-state index in [0.29, 0.717) is 16.4 Å². The molecule has 0 saturated heterocycles. The standard InChI is InChI=1S/C14H15ClN4O3/c1-9-13(14(21)16-8-7-12(20)22-2)17-18-19(9)11-6-4-3-5-10(11)15/h3-6H,7-8H2,1-2H3,(H,16,21). The number of rotatable bonds is 5. The maximum absolute atomic E-state index is 12.1. The van der Waals surface area contributed by atoms with Gasteiger partial charge in [-0.15, -0.1) is 5.10 Å². The first kappa shape index (κ1) is 16.0. The van der Waals surface area contributed by atoms with Gasteiger partial charge in [-0.2, -0.15) is 0 Å². The van der Waals surface area contributed by atoms with Crippen LogP contribution in [0.4, 0.5) is 0 Å². The molecule has 0 radical (unpaired) electrons. The topological polar surface area (TPSA) is 86.1 Å². The van der Waals surface area contributed by atoms with Crippen LogP contribution in [0.2, 0.25) is 5.02 Å². The molecule has 0 aliphatic heterocycles. The average Bonchev–Trinajstić information content (AvgIpc) is 2.89. The van der Waals surface area contributed by atoms with Crippen LogP contribution in [-0.4, -0.2) is 40.5 Å². The van der Waals surface area contributed by atoms with Crippen molar-refractivity contribution < 1.29 is 14.3 Å². The second-order valence-electron chi connectivity index (χ2n) is 4.47. The van der Waals surface area contributed by atoms with Gasteiger partial charge in [-0.05, 0) is 19.1 Å². The van der Waals surface area contributed by atoms with E-state index in [1.165, 1.54) is 11.8 Å². The first-order chi connectivity index (χ1) is 10.5. The van der Waals surface area contributed by atoms with Gasteiger partial charge in [0.2, 0.25) is 0 Å². The number of hydrogen-bond donors (Lipinski definition) is 1. The number of halogens is 1. The number of carbonyl (C=O) groups is 2. The molecule has 7 nitrogen and oxygen atoms in total. The molecule has 0 saturated carbocycles. The molecular weight excluding hydrogens is 308 g/mol. The molecule has 0 aliphatic carbocycles. The first-order valence-electron chi connectivity index (χ1n) is 6.56. The maximum Gasteiger partial charge on any atom is 0.307 e. The summed E-state index contributed by atoms with van der Waals surface area (Å²) in [5.74, 6) is -0.795. The van der Waals surface area contributed by atoms with Crippen molar-refractivity contribution in [2.75, 3.05) is 13.7 Å². The van der Waals surface area contributed by atoms with E-state index in [1.54, 1.807) is 25.1 Å². The Morgan fingerprint density at radius 1 is 1.36 bits per heavy atom. The number of methoxy groups -OCH3 is 1. The summed E-state index contributed by atoms with van der Waals surface area (Å²) in [7, 11) is 1.30. The van der Waals surface area contributed by atoms with Crippen LogP contribution in [0, 0.1) is 6.92 Å². The van der Waals surface area contributed by atoms with Crippen molar-refractivity contribution >= 4 is 23.5 Å². The Kier molecular flexibility index (Phi) is 5.11. The van der Waals surface area contributed by atoms with E-state index >= 15 is 0 Å². The summed E-state index contributed by atoms with van der Waals surface area (Å²) >= 11 is 6.11. The van der Waals surface area contributed by atoms with E-state index in [2.05, 4.69) is 20.4 Å². The summed E-state index contributed by atoms with van der Waals surface area (Å²) < 4.78 is 6.00. The third-order valence-electron chi connectivity index (χ3n) is 3.03. The van der Waals surface area contributed by atoms with Crippen LogP contribution >= 0.6 is 11.6 Å². The van der Waals surface area contributed by atoms with Crippen LogP contribution in [0.5, 0.6) is 0 Å². The maximum atomic E-state index is 12.1. The Balaban J connectivity index is 2.12. The molecule has 0 fully saturated rings. The molecule has 2 aromatic rings. The van der Waals surface area contributed by atoms with Crippen molar-refractivity contribution in [3.05, 3.63) is 40.7 Å². The van der Waals surface area contributed by atoms with Crippen molar-refractivity contribution in [3.8, 4) is 5.69 Å². The number of ether oxygens (including phenoxy) is 1. The largest absolute Gasteiger partial charge is 0.469 e. The van der Waals surface area contributed by atoms with E-state index in [0.717, 1.165) is 0 Å². The number of aromatic nitrogens is 3. The fraction of sp³-hybridized carbons (Fsp3) is 0.286. The summed E-state index contributed by atoms with van der Waals surface area (Å²) in [6.45, 7) is 1.89. The van der Waals surface area contributed by atoms with Crippen LogP contribution in [0.3, 0.4) is 0 Å². The molecule has 8 heteroatoms. The highest BCUT2D eigenvalue weighted by molar-refractivity contribution is 6.32. The van der Waals surface area contributed by atoms with Crippen LogP contribution < -0.4 is 5.32 Å². The molecule has 1 aromatic heterocycles. The monoisotopic (exact) mass is 322 g/mol. The second-order valence-corrected chi connectivity index (χ2v) is 4.88. The smallest absolute Gasteiger partial charge is 0.307 e. The highest BCUT2D eigenvalue weighted by Crippen LogP contribution is 2.20. The number of benzene rings is 1. The van der Waals surface area contributed by atoms with Gasteiger partial charge in [-0.25, -0.2) is 4.68 Å². The predicted molar refractivity (Wildman–Crippen MR) is 80.1 cm³/mol. The number of nitrogens with one attached hydrogen (secondary N) is 1. The molecule has 0 spiro atoms. The zero-order valence-corrected chi connectivity index (χ0v) is 12.9. The van der Waals surface area contributed by atoms with Gasteiger partial charge in [0.15, 0.2) is 5.69 Å². The molecule has 1 N–H and O–H groups in total. The Hall–Kier alpha value is -2.41. The predicted octanol–water partition coefficient (Wildman–Crippen LogP) is 1.52. The summed E-state index contributed by atoms with van der Waals surface area (Å²) in [4.78, 5) is 23.1. The van der Waals surface area contributed by atoms with Crippen molar-refractivity contribution in [3.63, 3.8) is 0 Å². The molecule has 1 heterocycles. The fourth-order valence-corrected chi connectivity index (χ4v) is 2.07. The van der Waals surface area contributed by atoms with Crippen molar-refractivity contribution in [1.29, 1.82) is 0 Å². The van der Waals surface area contributed by atoms with E-state index in [9.17, 15) is 9.59 Å². The molecule has 1 amide bonds. The zero-order valence-electron chi connectivity index (χ0n) is 12.2. The normalized spacial score (nSPS) is 10.3. The summed E-state index contributed by atoms with van der Waals surface area (Å²) in [5.41, 5.74) is 1.39. The molecular formula is C14H15ClN4O3. The lowest BCUT2D eigenvalue weighted by Gasteiger charge is -2.06. The molecule has 116 valence electrons.